The van der Waals surface area contributed by atoms with Crippen LogP contribution < -0.4 is 10.6 Å². The van der Waals surface area contributed by atoms with E-state index in [1.165, 1.54) is 24.3 Å². The van der Waals surface area contributed by atoms with Crippen molar-refractivity contribution in [2.45, 2.75) is 13.8 Å². The van der Waals surface area contributed by atoms with E-state index in [0.29, 0.717) is 16.9 Å². The van der Waals surface area contributed by atoms with Crippen LogP contribution in [0.4, 0.5) is 17.1 Å². The number of carbonyl (C=O) groups excluding carboxylic acids is 2. The highest BCUT2D eigenvalue weighted by atomic mass is 16.6. The summed E-state index contributed by atoms with van der Waals surface area (Å²) in [6, 6.07) is 12.0. The van der Waals surface area contributed by atoms with Crippen molar-refractivity contribution >= 4 is 28.9 Å². The Kier molecular flexibility index (Phi) is 5.26. The van der Waals surface area contributed by atoms with Gasteiger partial charge >= 0.3 is 0 Å². The highest BCUT2D eigenvalue weighted by Crippen LogP contribution is 2.17. The maximum Gasteiger partial charge on any atom is 0.269 e. The van der Waals surface area contributed by atoms with Crippen LogP contribution in [0.25, 0.3) is 0 Å². The first kappa shape index (κ1) is 17.1. The number of hydrogen-bond acceptors (Lipinski definition) is 4. The van der Waals surface area contributed by atoms with Gasteiger partial charge in [0.05, 0.1) is 4.92 Å². The number of nitrogens with zero attached hydrogens (tertiary/aromatic N) is 1. The molecule has 0 spiro atoms. The molecule has 0 aliphatic carbocycles. The second kappa shape index (κ2) is 7.36. The second-order valence-electron chi connectivity index (χ2n) is 5.48. The molecule has 2 aromatic rings. The van der Waals surface area contributed by atoms with Gasteiger partial charge < -0.3 is 10.6 Å². The molecular formula is C17H17N3O4. The zero-order valence-electron chi connectivity index (χ0n) is 13.3. The van der Waals surface area contributed by atoms with E-state index in [4.69, 9.17) is 0 Å². The minimum absolute atomic E-state index is 0.0724. The van der Waals surface area contributed by atoms with E-state index in [1.807, 2.05) is 0 Å². The Hall–Kier alpha value is -3.22. The lowest BCUT2D eigenvalue weighted by atomic mass is 10.2. The molecule has 24 heavy (non-hydrogen) atoms. The number of rotatable bonds is 5. The van der Waals surface area contributed by atoms with Crippen molar-refractivity contribution in [3.63, 3.8) is 0 Å². The molecule has 2 N–H and O–H groups in total. The summed E-state index contributed by atoms with van der Waals surface area (Å²) in [7, 11) is 0. The van der Waals surface area contributed by atoms with Crippen molar-refractivity contribution < 1.29 is 14.5 Å². The van der Waals surface area contributed by atoms with E-state index >= 15 is 0 Å². The Morgan fingerprint density at radius 3 is 1.88 bits per heavy atom. The van der Waals surface area contributed by atoms with E-state index < -0.39 is 4.92 Å². The van der Waals surface area contributed by atoms with Crippen molar-refractivity contribution in [2.75, 3.05) is 10.6 Å². The predicted molar refractivity (Wildman–Crippen MR) is 91.0 cm³/mol. The van der Waals surface area contributed by atoms with Crippen LogP contribution in [0.1, 0.15) is 24.2 Å². The molecule has 124 valence electrons. The van der Waals surface area contributed by atoms with Crippen LogP contribution in [0.5, 0.6) is 0 Å². The van der Waals surface area contributed by atoms with E-state index in [0.717, 1.165) is 0 Å². The third-order valence-electron chi connectivity index (χ3n) is 3.27. The molecule has 0 saturated heterocycles. The zero-order chi connectivity index (χ0) is 17.7. The Morgan fingerprint density at radius 1 is 0.917 bits per heavy atom. The molecule has 2 amide bonds. The number of benzene rings is 2. The fourth-order valence-corrected chi connectivity index (χ4v) is 1.86. The standard InChI is InChI=1S/C17H17N3O4/c1-11(2)16(21)18-13-5-7-14(8-6-13)19-17(22)12-3-9-15(10-4-12)20(23)24/h3-11H,1-2H3,(H,18,21)(H,19,22). The number of anilines is 2. The Balaban J connectivity index is 2.01. The highest BCUT2D eigenvalue weighted by Gasteiger charge is 2.10. The van der Waals surface area contributed by atoms with Gasteiger partial charge in [-0.2, -0.15) is 0 Å². The highest BCUT2D eigenvalue weighted by molar-refractivity contribution is 6.04. The minimum atomic E-state index is -0.522. The smallest absolute Gasteiger partial charge is 0.269 e. The zero-order valence-corrected chi connectivity index (χ0v) is 13.3. The molecule has 0 saturated carbocycles. The SMILES string of the molecule is CC(C)C(=O)Nc1ccc(NC(=O)c2ccc([N+](=O)[O-])cc2)cc1. The third-order valence-corrected chi connectivity index (χ3v) is 3.27. The predicted octanol–water partition coefficient (Wildman–Crippen LogP) is 3.44. The summed E-state index contributed by atoms with van der Waals surface area (Å²) in [5.41, 5.74) is 1.44. The first-order valence-corrected chi connectivity index (χ1v) is 7.33. The fraction of sp³-hybridized carbons (Fsp3) is 0.176. The van der Waals surface area contributed by atoms with Crippen molar-refractivity contribution in [3.05, 3.63) is 64.2 Å². The monoisotopic (exact) mass is 327 g/mol. The van der Waals surface area contributed by atoms with Crippen molar-refractivity contribution in [1.82, 2.24) is 0 Å². The average molecular weight is 327 g/mol. The number of non-ortho nitro benzene ring substituents is 1. The number of hydrogen-bond donors (Lipinski definition) is 2. The van der Waals surface area contributed by atoms with Crippen LogP contribution in [-0.2, 0) is 4.79 Å². The third kappa shape index (κ3) is 4.39. The lowest BCUT2D eigenvalue weighted by molar-refractivity contribution is -0.384. The van der Waals surface area contributed by atoms with Crippen LogP contribution in [0.15, 0.2) is 48.5 Å². The molecule has 7 nitrogen and oxygen atoms in total. The fourth-order valence-electron chi connectivity index (χ4n) is 1.86. The molecule has 0 aliphatic heterocycles. The first-order chi connectivity index (χ1) is 11.4. The molecule has 0 aliphatic rings. The van der Waals surface area contributed by atoms with Crippen LogP contribution in [0, 0.1) is 16.0 Å². The first-order valence-electron chi connectivity index (χ1n) is 7.33. The summed E-state index contributed by atoms with van der Waals surface area (Å²) >= 11 is 0. The topological polar surface area (TPSA) is 101 Å². The van der Waals surface area contributed by atoms with E-state index in [9.17, 15) is 19.7 Å². The summed E-state index contributed by atoms with van der Waals surface area (Å²) < 4.78 is 0. The molecule has 0 unspecified atom stereocenters. The lowest BCUT2D eigenvalue weighted by Gasteiger charge is -2.09. The maximum absolute atomic E-state index is 12.1. The van der Waals surface area contributed by atoms with Gasteiger partial charge in [-0.1, -0.05) is 13.8 Å². The van der Waals surface area contributed by atoms with Crippen molar-refractivity contribution in [1.29, 1.82) is 0 Å². The van der Waals surface area contributed by atoms with E-state index in [1.54, 1.807) is 38.1 Å². The van der Waals surface area contributed by atoms with Crippen molar-refractivity contribution in [2.24, 2.45) is 5.92 Å². The van der Waals surface area contributed by atoms with Crippen LogP contribution >= 0.6 is 0 Å². The summed E-state index contributed by atoms with van der Waals surface area (Å²) in [6.45, 7) is 3.60. The van der Waals surface area contributed by atoms with E-state index in [2.05, 4.69) is 10.6 Å². The second-order valence-corrected chi connectivity index (χ2v) is 5.48. The van der Waals surface area contributed by atoms with Crippen molar-refractivity contribution in [3.8, 4) is 0 Å². The normalized spacial score (nSPS) is 10.3. The largest absolute Gasteiger partial charge is 0.326 e. The van der Waals surface area contributed by atoms with Gasteiger partial charge in [-0.3, -0.25) is 19.7 Å². The number of amides is 2. The molecule has 0 fully saturated rings. The summed E-state index contributed by atoms with van der Waals surface area (Å²) in [5, 5.41) is 16.0. The Bertz CT molecular complexity index is 752. The molecule has 0 atom stereocenters. The maximum atomic E-state index is 12.1. The Morgan fingerprint density at radius 2 is 1.42 bits per heavy atom. The number of nitro groups is 1. The van der Waals surface area contributed by atoms with E-state index in [-0.39, 0.29) is 23.4 Å². The van der Waals surface area contributed by atoms with Gasteiger partial charge in [0.15, 0.2) is 0 Å². The summed E-state index contributed by atoms with van der Waals surface area (Å²) in [5.74, 6) is -0.576. The lowest BCUT2D eigenvalue weighted by Crippen LogP contribution is -2.17. The molecule has 2 aromatic carbocycles. The molecule has 0 bridgehead atoms. The molecule has 0 heterocycles. The van der Waals surface area contributed by atoms with Gasteiger partial charge in [-0.25, -0.2) is 0 Å². The molecule has 2 rings (SSSR count). The number of nitrogens with one attached hydrogen (secondary N) is 2. The summed E-state index contributed by atoms with van der Waals surface area (Å²) in [4.78, 5) is 33.8. The molecule has 0 aromatic heterocycles. The van der Waals surface area contributed by atoms with Gasteiger partial charge in [-0.15, -0.1) is 0 Å². The molecule has 7 heteroatoms. The van der Waals surface area contributed by atoms with Crippen LogP contribution in [0.3, 0.4) is 0 Å². The minimum Gasteiger partial charge on any atom is -0.326 e. The van der Waals surface area contributed by atoms with Gasteiger partial charge in [0, 0.05) is 35.0 Å². The molecule has 0 radical (unpaired) electrons. The van der Waals surface area contributed by atoms with Gasteiger partial charge in [-0.05, 0) is 36.4 Å². The van der Waals surface area contributed by atoms with Gasteiger partial charge in [0.25, 0.3) is 11.6 Å². The quantitative estimate of drug-likeness (QED) is 0.648. The number of carbonyl (C=O) groups is 2. The van der Waals surface area contributed by atoms with Crippen LogP contribution in [-0.4, -0.2) is 16.7 Å². The summed E-state index contributed by atoms with van der Waals surface area (Å²) in [6.07, 6.45) is 0. The van der Waals surface area contributed by atoms with Crippen LogP contribution in [0.2, 0.25) is 0 Å². The Labute approximate surface area is 138 Å². The van der Waals surface area contributed by atoms with Gasteiger partial charge in [0.1, 0.15) is 0 Å². The number of nitro benzene ring substituents is 1. The van der Waals surface area contributed by atoms with Gasteiger partial charge in [0.2, 0.25) is 5.91 Å². The molecular weight excluding hydrogens is 310 g/mol. The average Bonchev–Trinajstić information content (AvgIpc) is 2.56.